The fourth-order valence-corrected chi connectivity index (χ4v) is 4.35. The summed E-state index contributed by atoms with van der Waals surface area (Å²) in [6.45, 7) is 3.65. The minimum absolute atomic E-state index is 0.0929. The first-order chi connectivity index (χ1) is 9.87. The van der Waals surface area contributed by atoms with E-state index in [1.165, 1.54) is 11.4 Å². The molecule has 1 aliphatic heterocycles. The van der Waals surface area contributed by atoms with Crippen LogP contribution in [0.3, 0.4) is 0 Å². The van der Waals surface area contributed by atoms with Crippen LogP contribution in [0.1, 0.15) is 24.3 Å². The van der Waals surface area contributed by atoms with Crippen LogP contribution < -0.4 is 5.48 Å². The molecule has 8 nitrogen and oxygen atoms in total. The topological polar surface area (TPSA) is 102 Å². The first-order valence-corrected chi connectivity index (χ1v) is 8.07. The van der Waals surface area contributed by atoms with E-state index in [4.69, 9.17) is 4.52 Å². The van der Waals surface area contributed by atoms with Gasteiger partial charge in [0.1, 0.15) is 10.6 Å². The van der Waals surface area contributed by atoms with Crippen LogP contribution in [-0.4, -0.2) is 44.0 Å². The highest BCUT2D eigenvalue weighted by Crippen LogP contribution is 2.27. The Morgan fingerprint density at radius 1 is 1.48 bits per heavy atom. The van der Waals surface area contributed by atoms with E-state index in [0.717, 1.165) is 0 Å². The standard InChI is InChI=1S/C12H19N3O5S/c1-8-11(9(2)20-13-8)21(17,18)15-6-4-5-10(7-15)12(16)14-19-3/h10H,4-7H2,1-3H3,(H,14,16)/t10-/m0/s1. The van der Waals surface area contributed by atoms with Gasteiger partial charge < -0.3 is 4.52 Å². The molecule has 1 saturated heterocycles. The number of aryl methyl sites for hydroxylation is 2. The summed E-state index contributed by atoms with van der Waals surface area (Å²) in [5.41, 5.74) is 2.58. The molecule has 2 rings (SSSR count). The number of carbonyl (C=O) groups excluding carboxylic acids is 1. The zero-order chi connectivity index (χ0) is 15.6. The molecule has 118 valence electrons. The molecule has 1 aliphatic rings. The fourth-order valence-electron chi connectivity index (χ4n) is 2.53. The van der Waals surface area contributed by atoms with E-state index in [-0.39, 0.29) is 23.1 Å². The predicted octanol–water partition coefficient (Wildman–Crippen LogP) is 0.370. The summed E-state index contributed by atoms with van der Waals surface area (Å²) >= 11 is 0. The summed E-state index contributed by atoms with van der Waals surface area (Å²) in [4.78, 5) is 16.5. The monoisotopic (exact) mass is 317 g/mol. The summed E-state index contributed by atoms with van der Waals surface area (Å²) in [6, 6.07) is 0. The van der Waals surface area contributed by atoms with Crippen LogP contribution in [0, 0.1) is 19.8 Å². The van der Waals surface area contributed by atoms with Crippen molar-refractivity contribution >= 4 is 15.9 Å². The van der Waals surface area contributed by atoms with Crippen LogP contribution in [0.2, 0.25) is 0 Å². The van der Waals surface area contributed by atoms with Gasteiger partial charge in [-0.05, 0) is 26.7 Å². The number of amides is 1. The van der Waals surface area contributed by atoms with Gasteiger partial charge in [-0.2, -0.15) is 4.31 Å². The highest BCUT2D eigenvalue weighted by molar-refractivity contribution is 7.89. The minimum Gasteiger partial charge on any atom is -0.360 e. The Morgan fingerprint density at radius 3 is 2.76 bits per heavy atom. The van der Waals surface area contributed by atoms with Crippen LogP contribution in [0.25, 0.3) is 0 Å². The number of carbonyl (C=O) groups is 1. The normalized spacial score (nSPS) is 20.4. The molecule has 1 N–H and O–H groups in total. The maximum atomic E-state index is 12.7. The fraction of sp³-hybridized carbons (Fsp3) is 0.667. The van der Waals surface area contributed by atoms with Crippen molar-refractivity contribution in [3.63, 3.8) is 0 Å². The number of nitrogens with zero attached hydrogens (tertiary/aromatic N) is 2. The van der Waals surface area contributed by atoms with Crippen LogP contribution in [-0.2, 0) is 19.7 Å². The second-order valence-electron chi connectivity index (χ2n) is 5.03. The van der Waals surface area contributed by atoms with Crippen molar-refractivity contribution < 1.29 is 22.6 Å². The van der Waals surface area contributed by atoms with E-state index in [1.807, 2.05) is 0 Å². The second-order valence-corrected chi connectivity index (χ2v) is 6.90. The van der Waals surface area contributed by atoms with Gasteiger partial charge in [0.15, 0.2) is 5.76 Å². The number of hydroxylamine groups is 1. The third-order valence-electron chi connectivity index (χ3n) is 3.52. The summed E-state index contributed by atoms with van der Waals surface area (Å²) in [5, 5.41) is 3.68. The highest BCUT2D eigenvalue weighted by Gasteiger charge is 2.36. The number of piperidine rings is 1. The molecule has 0 saturated carbocycles. The van der Waals surface area contributed by atoms with Gasteiger partial charge >= 0.3 is 0 Å². The van der Waals surface area contributed by atoms with Crippen molar-refractivity contribution in [3.05, 3.63) is 11.5 Å². The van der Waals surface area contributed by atoms with E-state index < -0.39 is 15.9 Å². The predicted molar refractivity (Wildman–Crippen MR) is 72.6 cm³/mol. The first kappa shape index (κ1) is 15.9. The maximum absolute atomic E-state index is 12.7. The number of nitrogens with one attached hydrogen (secondary N) is 1. The Bertz CT molecular complexity index is 605. The lowest BCUT2D eigenvalue weighted by molar-refractivity contribution is -0.136. The Morgan fingerprint density at radius 2 is 2.19 bits per heavy atom. The molecule has 0 bridgehead atoms. The Balaban J connectivity index is 2.23. The van der Waals surface area contributed by atoms with Crippen molar-refractivity contribution in [2.75, 3.05) is 20.2 Å². The van der Waals surface area contributed by atoms with E-state index in [1.54, 1.807) is 13.8 Å². The zero-order valence-corrected chi connectivity index (χ0v) is 13.1. The lowest BCUT2D eigenvalue weighted by atomic mass is 9.99. The molecule has 21 heavy (non-hydrogen) atoms. The second kappa shape index (κ2) is 6.12. The van der Waals surface area contributed by atoms with Gasteiger partial charge in [-0.25, -0.2) is 13.9 Å². The van der Waals surface area contributed by atoms with E-state index >= 15 is 0 Å². The van der Waals surface area contributed by atoms with Crippen LogP contribution in [0.5, 0.6) is 0 Å². The summed E-state index contributed by atoms with van der Waals surface area (Å²) < 4.78 is 31.6. The van der Waals surface area contributed by atoms with E-state index in [9.17, 15) is 13.2 Å². The average Bonchev–Trinajstić information content (AvgIpc) is 2.79. The zero-order valence-electron chi connectivity index (χ0n) is 12.2. The molecule has 1 atom stereocenters. The Hall–Kier alpha value is -1.45. The number of hydrogen-bond donors (Lipinski definition) is 1. The SMILES string of the molecule is CONC(=O)[C@H]1CCCN(S(=O)(=O)c2c(C)noc2C)C1. The van der Waals surface area contributed by atoms with Gasteiger partial charge in [-0.3, -0.25) is 9.63 Å². The van der Waals surface area contributed by atoms with Gasteiger partial charge in [0.05, 0.1) is 13.0 Å². The lowest BCUT2D eigenvalue weighted by Gasteiger charge is -2.30. The van der Waals surface area contributed by atoms with Crippen LogP contribution in [0.15, 0.2) is 9.42 Å². The quantitative estimate of drug-likeness (QED) is 0.805. The van der Waals surface area contributed by atoms with Crippen LogP contribution >= 0.6 is 0 Å². The number of rotatable bonds is 4. The molecule has 0 spiro atoms. The van der Waals surface area contributed by atoms with Crippen molar-refractivity contribution in [1.29, 1.82) is 0 Å². The molecule has 1 aromatic rings. The van der Waals surface area contributed by atoms with Gasteiger partial charge in [-0.1, -0.05) is 5.16 Å². The van der Waals surface area contributed by atoms with Gasteiger partial charge in [0.2, 0.25) is 15.9 Å². The van der Waals surface area contributed by atoms with E-state index in [2.05, 4.69) is 15.5 Å². The van der Waals surface area contributed by atoms with Crippen molar-refractivity contribution in [1.82, 2.24) is 14.9 Å². The van der Waals surface area contributed by atoms with E-state index in [0.29, 0.717) is 25.1 Å². The van der Waals surface area contributed by atoms with Crippen molar-refractivity contribution in [2.45, 2.75) is 31.6 Å². The van der Waals surface area contributed by atoms with Gasteiger partial charge in [-0.15, -0.1) is 0 Å². The average molecular weight is 317 g/mol. The van der Waals surface area contributed by atoms with Crippen LogP contribution in [0.4, 0.5) is 0 Å². The third-order valence-corrected chi connectivity index (χ3v) is 5.63. The molecule has 1 amide bonds. The molecule has 0 radical (unpaired) electrons. The van der Waals surface area contributed by atoms with Gasteiger partial charge in [0.25, 0.3) is 0 Å². The molecule has 9 heteroatoms. The molecule has 0 unspecified atom stereocenters. The summed E-state index contributed by atoms with van der Waals surface area (Å²) in [5.74, 6) is -0.471. The third kappa shape index (κ3) is 3.09. The lowest BCUT2D eigenvalue weighted by Crippen LogP contribution is -2.45. The highest BCUT2D eigenvalue weighted by atomic mass is 32.2. The minimum atomic E-state index is -3.71. The molecule has 0 aliphatic carbocycles. The first-order valence-electron chi connectivity index (χ1n) is 6.63. The van der Waals surface area contributed by atoms with Crippen molar-refractivity contribution in [2.24, 2.45) is 5.92 Å². The molecule has 1 aromatic heterocycles. The molecule has 1 fully saturated rings. The molecular weight excluding hydrogens is 298 g/mol. The van der Waals surface area contributed by atoms with Gasteiger partial charge in [0, 0.05) is 13.1 Å². The maximum Gasteiger partial charge on any atom is 0.248 e. The molecule has 0 aromatic carbocycles. The number of aromatic nitrogens is 1. The summed E-state index contributed by atoms with van der Waals surface area (Å²) in [7, 11) is -2.36. The molecular formula is C12H19N3O5S. The van der Waals surface area contributed by atoms with Crippen molar-refractivity contribution in [3.8, 4) is 0 Å². The Labute approximate surface area is 123 Å². The smallest absolute Gasteiger partial charge is 0.248 e. The number of sulfonamides is 1. The Kier molecular flexibility index (Phi) is 4.64. The largest absolute Gasteiger partial charge is 0.360 e. The number of hydrogen-bond acceptors (Lipinski definition) is 6. The summed E-state index contributed by atoms with van der Waals surface area (Å²) in [6.07, 6.45) is 1.24. The molecule has 2 heterocycles.